The Bertz CT molecular complexity index is 828. The molecule has 2 N–H and O–H groups in total. The summed E-state index contributed by atoms with van der Waals surface area (Å²) in [5, 5.41) is 6.93. The zero-order valence-electron chi connectivity index (χ0n) is 12.3. The lowest BCUT2D eigenvalue weighted by Gasteiger charge is -1.99. The lowest BCUT2D eigenvalue weighted by molar-refractivity contribution is -0.121. The van der Waals surface area contributed by atoms with Crippen molar-refractivity contribution in [3.05, 3.63) is 58.0 Å². The maximum Gasteiger partial charge on any atom is 0.278 e. The molecule has 0 saturated heterocycles. The van der Waals surface area contributed by atoms with Crippen LogP contribution in [0.4, 0.5) is 0 Å². The van der Waals surface area contributed by atoms with Crippen LogP contribution in [0, 0.1) is 12.8 Å². The van der Waals surface area contributed by atoms with Crippen molar-refractivity contribution in [2.45, 2.75) is 13.8 Å². The van der Waals surface area contributed by atoms with Gasteiger partial charge in [-0.3, -0.25) is 14.7 Å². The second-order valence-corrected chi connectivity index (χ2v) is 5.19. The Morgan fingerprint density at radius 2 is 1.91 bits per heavy atom. The Hall–Kier alpha value is -2.89. The quantitative estimate of drug-likeness (QED) is 0.902. The first-order valence-electron chi connectivity index (χ1n) is 6.97. The lowest BCUT2D eigenvalue weighted by Crippen LogP contribution is -2.20. The maximum atomic E-state index is 12.5. The molecule has 3 rings (SSSR count). The molecular weight excluding hydrogens is 280 g/mol. The molecule has 6 nitrogen and oxygen atoms in total. The second kappa shape index (κ2) is 5.48. The van der Waals surface area contributed by atoms with Crippen molar-refractivity contribution in [1.29, 1.82) is 0 Å². The van der Waals surface area contributed by atoms with Crippen molar-refractivity contribution in [3.63, 3.8) is 0 Å². The molecule has 1 atom stereocenters. The number of hydrogen-bond acceptors (Lipinski definition) is 3. The average Bonchev–Trinajstić information content (AvgIpc) is 2.99. The van der Waals surface area contributed by atoms with Gasteiger partial charge in [0.15, 0.2) is 0 Å². The standard InChI is InChI=1S/C16H16N4O2/c1-10-13(15(21)18-17-10)8-9-14-11(2)19-20(16(14)22)12-6-4-3-5-7-12/h3-9,13,19H,1-2H3,(H,18,21). The van der Waals surface area contributed by atoms with E-state index in [4.69, 9.17) is 0 Å². The summed E-state index contributed by atoms with van der Waals surface area (Å²) < 4.78 is 1.49. The summed E-state index contributed by atoms with van der Waals surface area (Å²) in [6.45, 7) is 3.61. The van der Waals surface area contributed by atoms with Crippen molar-refractivity contribution in [2.24, 2.45) is 11.0 Å². The number of rotatable bonds is 3. The number of H-pyrrole nitrogens is 1. The van der Waals surface area contributed by atoms with Crippen LogP contribution in [0.1, 0.15) is 18.2 Å². The molecule has 0 bridgehead atoms. The van der Waals surface area contributed by atoms with Crippen LogP contribution in [0.2, 0.25) is 0 Å². The molecule has 1 aliphatic rings. The van der Waals surface area contributed by atoms with Crippen molar-refractivity contribution in [1.82, 2.24) is 15.2 Å². The molecule has 0 radical (unpaired) electrons. The third-order valence-electron chi connectivity index (χ3n) is 3.66. The number of carbonyl (C=O) groups is 1. The van der Waals surface area contributed by atoms with E-state index in [0.29, 0.717) is 11.3 Å². The molecule has 0 fully saturated rings. The van der Waals surface area contributed by atoms with Gasteiger partial charge in [0.2, 0.25) is 0 Å². The molecular formula is C16H16N4O2. The smallest absolute Gasteiger partial charge is 0.278 e. The van der Waals surface area contributed by atoms with Crippen LogP contribution in [-0.4, -0.2) is 21.4 Å². The molecule has 1 aliphatic heterocycles. The number of benzene rings is 1. The molecule has 22 heavy (non-hydrogen) atoms. The minimum atomic E-state index is -0.418. The van der Waals surface area contributed by atoms with Gasteiger partial charge in [-0.15, -0.1) is 0 Å². The summed E-state index contributed by atoms with van der Waals surface area (Å²) in [5.41, 5.74) is 5.03. The average molecular weight is 296 g/mol. The first-order valence-corrected chi connectivity index (χ1v) is 6.97. The first kappa shape index (κ1) is 14.1. The van der Waals surface area contributed by atoms with E-state index in [-0.39, 0.29) is 11.5 Å². The Morgan fingerprint density at radius 1 is 1.18 bits per heavy atom. The second-order valence-electron chi connectivity index (χ2n) is 5.19. The minimum Gasteiger partial charge on any atom is -0.295 e. The van der Waals surface area contributed by atoms with E-state index in [1.165, 1.54) is 4.68 Å². The molecule has 6 heteroatoms. The third kappa shape index (κ3) is 2.39. The summed E-state index contributed by atoms with van der Waals surface area (Å²) in [6.07, 6.45) is 3.39. The van der Waals surface area contributed by atoms with Gasteiger partial charge in [0, 0.05) is 5.69 Å². The van der Waals surface area contributed by atoms with Crippen LogP contribution in [0.3, 0.4) is 0 Å². The van der Waals surface area contributed by atoms with Gasteiger partial charge in [-0.1, -0.05) is 30.4 Å². The molecule has 2 aromatic rings. The van der Waals surface area contributed by atoms with E-state index in [0.717, 1.165) is 11.4 Å². The number of aryl methyl sites for hydroxylation is 1. The van der Waals surface area contributed by atoms with Gasteiger partial charge in [0.05, 0.1) is 22.9 Å². The van der Waals surface area contributed by atoms with E-state index in [1.807, 2.05) is 37.3 Å². The zero-order valence-corrected chi connectivity index (χ0v) is 12.3. The van der Waals surface area contributed by atoms with Crippen LogP contribution in [-0.2, 0) is 4.79 Å². The van der Waals surface area contributed by atoms with E-state index in [2.05, 4.69) is 15.6 Å². The van der Waals surface area contributed by atoms with E-state index in [9.17, 15) is 9.59 Å². The highest BCUT2D eigenvalue weighted by atomic mass is 16.2. The highest BCUT2D eigenvalue weighted by Crippen LogP contribution is 2.13. The predicted octanol–water partition coefficient (Wildman–Crippen LogP) is 1.61. The fourth-order valence-corrected chi connectivity index (χ4v) is 2.41. The molecule has 1 amide bonds. The fraction of sp³-hybridized carbons (Fsp3) is 0.188. The van der Waals surface area contributed by atoms with Crippen LogP contribution in [0.5, 0.6) is 0 Å². The van der Waals surface area contributed by atoms with Gasteiger partial charge < -0.3 is 0 Å². The van der Waals surface area contributed by atoms with Crippen molar-refractivity contribution in [2.75, 3.05) is 0 Å². The third-order valence-corrected chi connectivity index (χ3v) is 3.66. The van der Waals surface area contributed by atoms with E-state index >= 15 is 0 Å². The highest BCUT2D eigenvalue weighted by molar-refractivity contribution is 6.08. The number of nitrogens with one attached hydrogen (secondary N) is 2. The molecule has 1 unspecified atom stereocenters. The Labute approximate surface area is 127 Å². The minimum absolute atomic E-state index is 0.145. The van der Waals surface area contributed by atoms with E-state index < -0.39 is 5.92 Å². The molecule has 1 aromatic carbocycles. The van der Waals surface area contributed by atoms with Gasteiger partial charge in [-0.2, -0.15) is 5.10 Å². The summed E-state index contributed by atoms with van der Waals surface area (Å²) in [4.78, 5) is 24.1. The number of hydrogen-bond donors (Lipinski definition) is 2. The Balaban J connectivity index is 1.96. The van der Waals surface area contributed by atoms with Gasteiger partial charge in [0.1, 0.15) is 0 Å². The summed E-state index contributed by atoms with van der Waals surface area (Å²) in [6, 6.07) is 9.34. The van der Waals surface area contributed by atoms with Crippen molar-refractivity contribution >= 4 is 17.7 Å². The summed E-state index contributed by atoms with van der Waals surface area (Å²) in [7, 11) is 0. The monoisotopic (exact) mass is 296 g/mol. The highest BCUT2D eigenvalue weighted by Gasteiger charge is 2.24. The molecule has 0 spiro atoms. The molecule has 0 aliphatic carbocycles. The van der Waals surface area contributed by atoms with Gasteiger partial charge >= 0.3 is 0 Å². The molecule has 2 heterocycles. The largest absolute Gasteiger partial charge is 0.295 e. The van der Waals surface area contributed by atoms with Crippen molar-refractivity contribution in [3.8, 4) is 5.69 Å². The number of nitrogens with zero attached hydrogens (tertiary/aromatic N) is 2. The molecule has 1 aromatic heterocycles. The van der Waals surface area contributed by atoms with Gasteiger partial charge in [-0.25, -0.2) is 10.1 Å². The van der Waals surface area contributed by atoms with E-state index in [1.54, 1.807) is 19.1 Å². The Kier molecular flexibility index (Phi) is 3.50. The summed E-state index contributed by atoms with van der Waals surface area (Å²) in [5.74, 6) is -0.593. The van der Waals surface area contributed by atoms with Crippen LogP contribution in [0.15, 0.2) is 46.3 Å². The van der Waals surface area contributed by atoms with Crippen LogP contribution >= 0.6 is 0 Å². The van der Waals surface area contributed by atoms with Crippen LogP contribution < -0.4 is 11.0 Å². The maximum absolute atomic E-state index is 12.5. The molecule has 0 saturated carbocycles. The van der Waals surface area contributed by atoms with Crippen molar-refractivity contribution < 1.29 is 4.79 Å². The number of aromatic nitrogens is 2. The number of carbonyl (C=O) groups excluding carboxylic acids is 1. The number of para-hydroxylation sites is 1. The predicted molar refractivity (Wildman–Crippen MR) is 84.9 cm³/mol. The number of aromatic amines is 1. The normalized spacial score (nSPS) is 17.8. The van der Waals surface area contributed by atoms with Crippen LogP contribution in [0.25, 0.3) is 11.8 Å². The number of hydrazone groups is 1. The first-order chi connectivity index (χ1) is 10.6. The van der Waals surface area contributed by atoms with Gasteiger partial charge in [-0.05, 0) is 26.0 Å². The zero-order chi connectivity index (χ0) is 15.7. The lowest BCUT2D eigenvalue weighted by atomic mass is 10.0. The Morgan fingerprint density at radius 3 is 2.55 bits per heavy atom. The fourth-order valence-electron chi connectivity index (χ4n) is 2.41. The topological polar surface area (TPSA) is 79.2 Å². The molecule has 112 valence electrons. The van der Waals surface area contributed by atoms with Gasteiger partial charge in [0.25, 0.3) is 11.5 Å². The number of amides is 1. The SMILES string of the molecule is CC1=NNC(=O)C1C=Cc1c(C)[nH]n(-c2ccccc2)c1=O. The summed E-state index contributed by atoms with van der Waals surface area (Å²) >= 11 is 0.